The van der Waals surface area contributed by atoms with Crippen molar-refractivity contribution in [3.8, 4) is 0 Å². The molecule has 0 saturated heterocycles. The third-order valence-corrected chi connectivity index (χ3v) is 4.24. The van der Waals surface area contributed by atoms with Crippen molar-refractivity contribution in [2.45, 2.75) is 13.0 Å². The molecule has 2 aromatic rings. The second kappa shape index (κ2) is 4.17. The molecule has 1 unspecified atom stereocenters. The summed E-state index contributed by atoms with van der Waals surface area (Å²) in [7, 11) is 1.95. The molecular formula is C11H13N2OSe+. The molecule has 0 aromatic carbocycles. The molecule has 4 heteroatoms. The number of Topliss-reactive ketones (excluding diaryl/α,β-unsaturated/α-hetero) is 1. The van der Waals surface area contributed by atoms with Crippen LogP contribution in [0.2, 0.25) is 0 Å². The summed E-state index contributed by atoms with van der Waals surface area (Å²) >= 11 is 0.237. The van der Waals surface area contributed by atoms with Crippen LogP contribution in [0.5, 0.6) is 0 Å². The molecule has 0 aliphatic heterocycles. The molecule has 0 N–H and O–H groups in total. The van der Waals surface area contributed by atoms with Gasteiger partial charge in [0.2, 0.25) is 0 Å². The zero-order valence-electron chi connectivity index (χ0n) is 8.75. The van der Waals surface area contributed by atoms with Crippen LogP contribution in [0.3, 0.4) is 0 Å². The van der Waals surface area contributed by atoms with Gasteiger partial charge in [-0.05, 0) is 0 Å². The summed E-state index contributed by atoms with van der Waals surface area (Å²) in [6.07, 6.45) is 5.80. The van der Waals surface area contributed by atoms with Gasteiger partial charge in [-0.1, -0.05) is 0 Å². The number of hydrogen-bond donors (Lipinski definition) is 0. The fourth-order valence-electron chi connectivity index (χ4n) is 1.46. The molecule has 0 saturated carbocycles. The van der Waals surface area contributed by atoms with Gasteiger partial charge in [0.1, 0.15) is 0 Å². The molecule has 0 radical (unpaired) electrons. The van der Waals surface area contributed by atoms with E-state index in [9.17, 15) is 4.79 Å². The van der Waals surface area contributed by atoms with E-state index in [-0.39, 0.29) is 26.3 Å². The van der Waals surface area contributed by atoms with E-state index in [0.717, 1.165) is 4.44 Å². The molecule has 15 heavy (non-hydrogen) atoms. The zero-order chi connectivity index (χ0) is 10.8. The van der Waals surface area contributed by atoms with Crippen LogP contribution in [0.4, 0.5) is 0 Å². The number of ketones is 1. The Hall–Kier alpha value is -1.12. The van der Waals surface area contributed by atoms with Crippen LogP contribution < -0.4 is 4.57 Å². The van der Waals surface area contributed by atoms with Gasteiger partial charge in [-0.3, -0.25) is 0 Å². The number of aryl methyl sites for hydroxylation is 1. The molecule has 2 heterocycles. The van der Waals surface area contributed by atoms with Gasteiger partial charge in [0.15, 0.2) is 0 Å². The minimum atomic E-state index is -0.0979. The summed E-state index contributed by atoms with van der Waals surface area (Å²) in [4.78, 5) is 14.1. The van der Waals surface area contributed by atoms with Gasteiger partial charge in [0, 0.05) is 0 Å². The fraction of sp³-hybridized carbons (Fsp3) is 0.273. The number of carbonyl (C=O) groups is 1. The van der Waals surface area contributed by atoms with Gasteiger partial charge in [0.25, 0.3) is 0 Å². The van der Waals surface area contributed by atoms with Gasteiger partial charge in [-0.15, -0.1) is 0 Å². The summed E-state index contributed by atoms with van der Waals surface area (Å²) < 4.78 is 4.85. The maximum atomic E-state index is 12.0. The van der Waals surface area contributed by atoms with Gasteiger partial charge in [0.05, 0.1) is 0 Å². The fourth-order valence-corrected chi connectivity index (χ4v) is 3.03. The number of nitrogens with zero attached hydrogens (tertiary/aromatic N) is 2. The van der Waals surface area contributed by atoms with Crippen LogP contribution >= 0.6 is 0 Å². The predicted octanol–water partition coefficient (Wildman–Crippen LogP) is 0.814. The minimum absolute atomic E-state index is 0.0979. The molecule has 0 aliphatic rings. The van der Waals surface area contributed by atoms with Crippen molar-refractivity contribution >= 4 is 20.3 Å². The van der Waals surface area contributed by atoms with Crippen LogP contribution in [0.25, 0.3) is 0 Å². The Kier molecular flexibility index (Phi) is 2.89. The Morgan fingerprint density at radius 2 is 2.40 bits per heavy atom. The van der Waals surface area contributed by atoms with E-state index in [1.807, 2.05) is 54.0 Å². The molecule has 3 nitrogen and oxygen atoms in total. The summed E-state index contributed by atoms with van der Waals surface area (Å²) in [6.45, 7) is 1.94. The van der Waals surface area contributed by atoms with E-state index >= 15 is 0 Å². The van der Waals surface area contributed by atoms with E-state index < -0.39 is 0 Å². The molecule has 2 rings (SSSR count). The molecule has 0 spiro atoms. The normalized spacial score (nSPS) is 12.7. The van der Waals surface area contributed by atoms with Gasteiger partial charge in [-0.25, -0.2) is 0 Å². The number of hydrogen-bond acceptors (Lipinski definition) is 1. The van der Waals surface area contributed by atoms with Crippen LogP contribution in [0, 0.1) is 0 Å². The van der Waals surface area contributed by atoms with Crippen molar-refractivity contribution in [1.29, 1.82) is 0 Å². The molecule has 0 fully saturated rings. The second-order valence-electron chi connectivity index (χ2n) is 3.54. The molecule has 78 valence electrons. The Balaban J connectivity index is 2.22. The number of carbonyl (C=O) groups excluding carboxylic acids is 1. The Labute approximate surface area is 94.7 Å². The van der Waals surface area contributed by atoms with Crippen LogP contribution in [-0.2, 0) is 7.05 Å². The second-order valence-corrected chi connectivity index (χ2v) is 5.53. The maximum absolute atomic E-state index is 12.0. The van der Waals surface area contributed by atoms with Crippen molar-refractivity contribution in [1.82, 2.24) is 4.57 Å². The summed E-state index contributed by atoms with van der Waals surface area (Å²) in [5.41, 5.74) is 0. The molecule has 0 bridgehead atoms. The number of rotatable bonds is 3. The first-order valence-corrected chi connectivity index (χ1v) is 6.63. The molecule has 1 atom stereocenters. The topological polar surface area (TPSA) is 25.9 Å². The molecular weight excluding hydrogens is 255 g/mol. The van der Waals surface area contributed by atoms with Gasteiger partial charge in [-0.2, -0.15) is 0 Å². The van der Waals surface area contributed by atoms with E-state index in [4.69, 9.17) is 0 Å². The van der Waals surface area contributed by atoms with Gasteiger partial charge < -0.3 is 0 Å². The number of aromatic nitrogens is 2. The SMILES string of the molecule is CC(C(=O)c1ccc[se]1)n1cc[n+](C)c1. The van der Waals surface area contributed by atoms with Crippen LogP contribution in [0.15, 0.2) is 35.8 Å². The standard InChI is InChI=1S/C11H13N2OSe/c1-9(13-6-5-12(2)8-13)11(14)10-4-3-7-15-10/h3-9H,1-2H3/q+1. The first kappa shape index (κ1) is 10.4. The number of imidazole rings is 1. The predicted molar refractivity (Wildman–Crippen MR) is 58.0 cm³/mol. The first-order chi connectivity index (χ1) is 7.18. The zero-order valence-corrected chi connectivity index (χ0v) is 10.5. The van der Waals surface area contributed by atoms with Crippen molar-refractivity contribution in [3.63, 3.8) is 0 Å². The van der Waals surface area contributed by atoms with Crippen molar-refractivity contribution in [2.75, 3.05) is 0 Å². The van der Waals surface area contributed by atoms with E-state index in [1.165, 1.54) is 0 Å². The van der Waals surface area contributed by atoms with Gasteiger partial charge >= 0.3 is 94.5 Å². The Morgan fingerprint density at radius 3 is 2.93 bits per heavy atom. The van der Waals surface area contributed by atoms with Crippen molar-refractivity contribution in [3.05, 3.63) is 40.2 Å². The van der Waals surface area contributed by atoms with Crippen LogP contribution in [-0.4, -0.2) is 24.9 Å². The quantitative estimate of drug-likeness (QED) is 0.459. The molecule has 2 aromatic heterocycles. The first-order valence-electron chi connectivity index (χ1n) is 4.79. The Morgan fingerprint density at radius 1 is 1.60 bits per heavy atom. The average Bonchev–Trinajstić information content (AvgIpc) is 2.85. The van der Waals surface area contributed by atoms with Crippen molar-refractivity contribution < 1.29 is 9.36 Å². The van der Waals surface area contributed by atoms with E-state index in [2.05, 4.69) is 4.94 Å². The molecule has 0 aliphatic carbocycles. The average molecular weight is 268 g/mol. The van der Waals surface area contributed by atoms with E-state index in [1.54, 1.807) is 0 Å². The van der Waals surface area contributed by atoms with E-state index in [0.29, 0.717) is 0 Å². The summed E-state index contributed by atoms with van der Waals surface area (Å²) in [5.74, 6) is 0.233. The van der Waals surface area contributed by atoms with Crippen molar-refractivity contribution in [2.24, 2.45) is 7.05 Å². The summed E-state index contributed by atoms with van der Waals surface area (Å²) in [5, 5.41) is 0. The monoisotopic (exact) mass is 269 g/mol. The molecule has 0 amide bonds. The van der Waals surface area contributed by atoms with Crippen LogP contribution in [0.1, 0.15) is 22.2 Å². The Bertz CT molecular complexity index is 459. The summed E-state index contributed by atoms with van der Waals surface area (Å²) in [6, 6.07) is 3.80. The third kappa shape index (κ3) is 2.11. The third-order valence-electron chi connectivity index (χ3n) is 2.38.